The highest BCUT2D eigenvalue weighted by Gasteiger charge is 2.18. The van der Waals surface area contributed by atoms with E-state index < -0.39 is 0 Å². The second kappa shape index (κ2) is 12.0. The van der Waals surface area contributed by atoms with Crippen molar-refractivity contribution >= 4 is 75.4 Å². The molecule has 0 aliphatic heterocycles. The molecular formula is C54H32N2. The fourth-order valence-corrected chi connectivity index (χ4v) is 9.21. The summed E-state index contributed by atoms with van der Waals surface area (Å²) in [6.45, 7) is 0. The number of rotatable bonds is 4. The summed E-state index contributed by atoms with van der Waals surface area (Å²) in [5, 5.41) is 17.6. The second-order valence-electron chi connectivity index (χ2n) is 14.9. The molecule has 0 fully saturated rings. The van der Waals surface area contributed by atoms with E-state index in [0.29, 0.717) is 5.82 Å². The van der Waals surface area contributed by atoms with Gasteiger partial charge in [0.25, 0.3) is 0 Å². The van der Waals surface area contributed by atoms with Crippen LogP contribution in [0.25, 0.3) is 120 Å². The van der Waals surface area contributed by atoms with E-state index >= 15 is 0 Å². The Morgan fingerprint density at radius 2 is 0.732 bits per heavy atom. The fourth-order valence-electron chi connectivity index (χ4n) is 9.21. The molecule has 11 aromatic carbocycles. The van der Waals surface area contributed by atoms with Crippen LogP contribution >= 0.6 is 0 Å². The summed E-state index contributed by atoms with van der Waals surface area (Å²) >= 11 is 0. The molecule has 1 aromatic heterocycles. The largest absolute Gasteiger partial charge is 0.228 e. The Hall–Kier alpha value is -7.42. The van der Waals surface area contributed by atoms with Crippen molar-refractivity contribution in [3.8, 4) is 45.0 Å². The lowest BCUT2D eigenvalue weighted by Gasteiger charge is -2.17. The molecule has 0 N–H and O–H groups in total. The van der Waals surface area contributed by atoms with Crippen LogP contribution in [-0.2, 0) is 0 Å². The Morgan fingerprint density at radius 1 is 0.250 bits per heavy atom. The zero-order chi connectivity index (χ0) is 36.7. The summed E-state index contributed by atoms with van der Waals surface area (Å²) in [5.74, 6) is 0.707. The van der Waals surface area contributed by atoms with Crippen molar-refractivity contribution in [1.29, 1.82) is 0 Å². The van der Waals surface area contributed by atoms with E-state index in [1.807, 2.05) is 6.07 Å². The zero-order valence-electron chi connectivity index (χ0n) is 30.4. The summed E-state index contributed by atoms with van der Waals surface area (Å²) in [4.78, 5) is 10.6. The maximum atomic E-state index is 5.34. The van der Waals surface area contributed by atoms with Crippen LogP contribution < -0.4 is 0 Å². The molecule has 0 bridgehead atoms. The van der Waals surface area contributed by atoms with Crippen LogP contribution in [-0.4, -0.2) is 9.97 Å². The first-order valence-electron chi connectivity index (χ1n) is 19.2. The van der Waals surface area contributed by atoms with Gasteiger partial charge in [0.2, 0.25) is 0 Å². The number of benzene rings is 10. The third-order valence-corrected chi connectivity index (χ3v) is 11.7. The number of hydrogen-bond donors (Lipinski definition) is 0. The summed E-state index contributed by atoms with van der Waals surface area (Å²) in [7, 11) is 0. The van der Waals surface area contributed by atoms with Crippen molar-refractivity contribution in [2.45, 2.75) is 0 Å². The topological polar surface area (TPSA) is 25.8 Å². The Kier molecular flexibility index (Phi) is 6.66. The first kappa shape index (κ1) is 31.0. The molecule has 0 spiro atoms. The summed E-state index contributed by atoms with van der Waals surface area (Å²) in [6.07, 6.45) is 0. The van der Waals surface area contributed by atoms with E-state index in [9.17, 15) is 0 Å². The van der Waals surface area contributed by atoms with Crippen LogP contribution in [0.15, 0.2) is 194 Å². The van der Waals surface area contributed by atoms with Gasteiger partial charge in [-0.2, -0.15) is 0 Å². The van der Waals surface area contributed by atoms with Crippen molar-refractivity contribution in [2.24, 2.45) is 0 Å². The smallest absolute Gasteiger partial charge is 0.160 e. The minimum absolute atomic E-state index is 0.707. The average Bonchev–Trinajstić information content (AvgIpc) is 3.27. The first-order valence-corrected chi connectivity index (χ1v) is 19.2. The summed E-state index contributed by atoms with van der Waals surface area (Å²) in [6, 6.07) is 70.5. The molecular weight excluding hydrogens is 677 g/mol. The van der Waals surface area contributed by atoms with Gasteiger partial charge in [0.15, 0.2) is 5.82 Å². The van der Waals surface area contributed by atoms with Crippen molar-refractivity contribution in [2.75, 3.05) is 0 Å². The monoisotopic (exact) mass is 708 g/mol. The van der Waals surface area contributed by atoms with Gasteiger partial charge in [0.05, 0.1) is 11.4 Å². The van der Waals surface area contributed by atoms with Crippen molar-refractivity contribution in [1.82, 2.24) is 9.97 Å². The van der Waals surface area contributed by atoms with Crippen LogP contribution in [0.3, 0.4) is 0 Å². The highest BCUT2D eigenvalue weighted by molar-refractivity contribution is 6.37. The molecule has 56 heavy (non-hydrogen) atoms. The molecule has 1 heterocycles. The first-order chi connectivity index (χ1) is 27.7. The lowest BCUT2D eigenvalue weighted by molar-refractivity contribution is 1.18. The number of hydrogen-bond acceptors (Lipinski definition) is 2. The van der Waals surface area contributed by atoms with Crippen molar-refractivity contribution < 1.29 is 0 Å². The van der Waals surface area contributed by atoms with Gasteiger partial charge in [-0.25, -0.2) is 9.97 Å². The second-order valence-corrected chi connectivity index (χ2v) is 14.9. The minimum Gasteiger partial charge on any atom is -0.228 e. The van der Waals surface area contributed by atoms with E-state index in [0.717, 1.165) is 33.6 Å². The summed E-state index contributed by atoms with van der Waals surface area (Å²) in [5.41, 5.74) is 7.25. The molecule has 0 radical (unpaired) electrons. The maximum absolute atomic E-state index is 5.34. The van der Waals surface area contributed by atoms with E-state index in [4.69, 9.17) is 9.97 Å². The SMILES string of the molecule is c1ccc(-c2nc(-c3cccc(-c4cccc5ccccc45)c3)cc(-c3cc4ccc5cccc6c7cccc8ccc9cccc(c(c3)c4c56)c9c87)n2)cc1. The normalized spacial score (nSPS) is 11.9. The van der Waals surface area contributed by atoms with E-state index in [2.05, 4.69) is 188 Å². The quantitative estimate of drug-likeness (QED) is 0.170. The van der Waals surface area contributed by atoms with Crippen LogP contribution in [0.2, 0.25) is 0 Å². The van der Waals surface area contributed by atoms with E-state index in [-0.39, 0.29) is 0 Å². The Bertz CT molecular complexity index is 3520. The Balaban J connectivity index is 1.16. The molecule has 12 aromatic rings. The van der Waals surface area contributed by atoms with Crippen molar-refractivity contribution in [3.63, 3.8) is 0 Å². The predicted molar refractivity (Wildman–Crippen MR) is 238 cm³/mol. The molecule has 0 aliphatic carbocycles. The third kappa shape index (κ3) is 4.69. The number of aromatic nitrogens is 2. The molecule has 12 rings (SSSR count). The van der Waals surface area contributed by atoms with Gasteiger partial charge >= 0.3 is 0 Å². The molecule has 0 aliphatic rings. The number of fused-ring (bicyclic) bond motifs is 3. The minimum atomic E-state index is 0.707. The molecule has 0 amide bonds. The molecule has 0 saturated heterocycles. The lowest BCUT2D eigenvalue weighted by atomic mass is 9.87. The third-order valence-electron chi connectivity index (χ3n) is 11.7. The van der Waals surface area contributed by atoms with Gasteiger partial charge < -0.3 is 0 Å². The van der Waals surface area contributed by atoms with Crippen LogP contribution in [0.4, 0.5) is 0 Å². The standard InChI is InChI=1S/C54H32N2/c1-2-12-37(13-3-1)54-55-48(39-19-6-18-38(29-39)43-21-7-14-33-11-4-5-20-42(33)43)32-49(56-54)41-30-40-28-27-36-16-9-23-45-44-22-8-15-34-25-26-35-17-10-24-46(52(35)50(34)44)47(31-41)53(40)51(36)45/h1-32H. The lowest BCUT2D eigenvalue weighted by Crippen LogP contribution is -1.96. The van der Waals surface area contributed by atoms with Gasteiger partial charge in [-0.05, 0) is 111 Å². The Labute approximate surface area is 323 Å². The average molecular weight is 709 g/mol. The van der Waals surface area contributed by atoms with Crippen LogP contribution in [0.5, 0.6) is 0 Å². The van der Waals surface area contributed by atoms with Gasteiger partial charge in [-0.3, -0.25) is 0 Å². The molecule has 0 atom stereocenters. The molecule has 2 heteroatoms. The number of nitrogens with zero attached hydrogens (tertiary/aromatic N) is 2. The predicted octanol–water partition coefficient (Wildman–Crippen LogP) is 14.7. The Morgan fingerprint density at radius 3 is 1.45 bits per heavy atom. The molecule has 0 unspecified atom stereocenters. The van der Waals surface area contributed by atoms with Crippen LogP contribution in [0, 0.1) is 0 Å². The highest BCUT2D eigenvalue weighted by atomic mass is 14.9. The van der Waals surface area contributed by atoms with Crippen LogP contribution in [0.1, 0.15) is 0 Å². The van der Waals surface area contributed by atoms with Gasteiger partial charge in [0, 0.05) is 16.7 Å². The summed E-state index contributed by atoms with van der Waals surface area (Å²) < 4.78 is 0. The van der Waals surface area contributed by atoms with E-state index in [1.54, 1.807) is 0 Å². The van der Waals surface area contributed by atoms with Gasteiger partial charge in [0.1, 0.15) is 0 Å². The zero-order valence-corrected chi connectivity index (χ0v) is 30.4. The van der Waals surface area contributed by atoms with Crippen molar-refractivity contribution in [3.05, 3.63) is 194 Å². The molecule has 0 saturated carbocycles. The van der Waals surface area contributed by atoms with Gasteiger partial charge in [-0.1, -0.05) is 170 Å². The fraction of sp³-hybridized carbons (Fsp3) is 0. The highest BCUT2D eigenvalue weighted by Crippen LogP contribution is 2.44. The van der Waals surface area contributed by atoms with Gasteiger partial charge in [-0.15, -0.1) is 0 Å². The molecule has 258 valence electrons. The molecule has 2 nitrogen and oxygen atoms in total. The maximum Gasteiger partial charge on any atom is 0.160 e. The van der Waals surface area contributed by atoms with E-state index in [1.165, 1.54) is 81.0 Å².